The fourth-order valence-electron chi connectivity index (χ4n) is 2.68. The van der Waals surface area contributed by atoms with Crippen molar-refractivity contribution in [3.63, 3.8) is 0 Å². The Bertz CT molecular complexity index is 629. The molecule has 1 aromatic heterocycles. The molecule has 0 bridgehead atoms. The minimum absolute atomic E-state index is 0.564. The van der Waals surface area contributed by atoms with Crippen LogP contribution in [0.1, 0.15) is 43.1 Å². The Morgan fingerprint density at radius 1 is 1.19 bits per heavy atom. The van der Waals surface area contributed by atoms with Crippen LogP contribution in [0.2, 0.25) is 5.15 Å². The Morgan fingerprint density at radius 2 is 1.95 bits per heavy atom. The first kappa shape index (κ1) is 15.3. The summed E-state index contributed by atoms with van der Waals surface area (Å²) in [6, 6.07) is 10.1. The van der Waals surface area contributed by atoms with Crippen molar-refractivity contribution in [2.75, 3.05) is 0 Å². The van der Waals surface area contributed by atoms with E-state index in [4.69, 9.17) is 16.6 Å². The SMILES string of the molecule is Clc1cc(C2CCCC2)nc(CSc2ccccc2Br)n1. The molecule has 0 unspecified atom stereocenters. The van der Waals surface area contributed by atoms with Gasteiger partial charge in [0.25, 0.3) is 0 Å². The molecule has 0 spiro atoms. The molecule has 1 saturated carbocycles. The Balaban J connectivity index is 1.74. The Kier molecular flexibility index (Phi) is 5.19. The summed E-state index contributed by atoms with van der Waals surface area (Å²) in [5, 5.41) is 0.564. The maximum absolute atomic E-state index is 6.17. The van der Waals surface area contributed by atoms with Crippen LogP contribution in [0, 0.1) is 0 Å². The van der Waals surface area contributed by atoms with E-state index < -0.39 is 0 Å². The van der Waals surface area contributed by atoms with Crippen molar-refractivity contribution >= 4 is 39.3 Å². The lowest BCUT2D eigenvalue weighted by molar-refractivity contribution is 0.688. The van der Waals surface area contributed by atoms with Gasteiger partial charge in [-0.25, -0.2) is 9.97 Å². The number of aromatic nitrogens is 2. The van der Waals surface area contributed by atoms with Gasteiger partial charge in [-0.2, -0.15) is 0 Å². The molecule has 0 aliphatic heterocycles. The van der Waals surface area contributed by atoms with Gasteiger partial charge in [-0.1, -0.05) is 36.6 Å². The standard InChI is InChI=1S/C16H16BrClN2S/c17-12-7-3-4-8-14(12)21-10-16-19-13(9-15(18)20-16)11-5-1-2-6-11/h3-4,7-9,11H,1-2,5-6,10H2. The van der Waals surface area contributed by atoms with E-state index in [1.807, 2.05) is 24.3 Å². The minimum atomic E-state index is 0.564. The third-order valence-electron chi connectivity index (χ3n) is 3.73. The topological polar surface area (TPSA) is 25.8 Å². The lowest BCUT2D eigenvalue weighted by Gasteiger charge is -2.10. The summed E-state index contributed by atoms with van der Waals surface area (Å²) in [5.74, 6) is 2.13. The van der Waals surface area contributed by atoms with E-state index in [-0.39, 0.29) is 0 Å². The molecule has 1 aliphatic rings. The second-order valence-corrected chi connectivity index (χ2v) is 7.49. The summed E-state index contributed by atoms with van der Waals surface area (Å²) >= 11 is 11.5. The molecule has 0 atom stereocenters. The monoisotopic (exact) mass is 382 g/mol. The fourth-order valence-corrected chi connectivity index (χ4v) is 4.32. The molecule has 1 fully saturated rings. The fraction of sp³-hybridized carbons (Fsp3) is 0.375. The summed E-state index contributed by atoms with van der Waals surface area (Å²) in [5.41, 5.74) is 1.12. The van der Waals surface area contributed by atoms with Gasteiger partial charge in [0.2, 0.25) is 0 Å². The Morgan fingerprint density at radius 3 is 2.71 bits per heavy atom. The van der Waals surface area contributed by atoms with Gasteiger partial charge in [-0.3, -0.25) is 0 Å². The van der Waals surface area contributed by atoms with Gasteiger partial charge < -0.3 is 0 Å². The number of hydrogen-bond acceptors (Lipinski definition) is 3. The second kappa shape index (κ2) is 7.12. The molecule has 0 saturated heterocycles. The van der Waals surface area contributed by atoms with Crippen molar-refractivity contribution in [1.82, 2.24) is 9.97 Å². The molecule has 110 valence electrons. The molecule has 2 nitrogen and oxygen atoms in total. The third-order valence-corrected chi connectivity index (χ3v) is 5.94. The van der Waals surface area contributed by atoms with Gasteiger partial charge in [-0.15, -0.1) is 11.8 Å². The van der Waals surface area contributed by atoms with Crippen molar-refractivity contribution in [2.45, 2.75) is 42.2 Å². The molecule has 1 heterocycles. The van der Waals surface area contributed by atoms with Gasteiger partial charge in [0.1, 0.15) is 11.0 Å². The number of halogens is 2. The largest absolute Gasteiger partial charge is 0.237 e. The van der Waals surface area contributed by atoms with Crippen LogP contribution in [0.4, 0.5) is 0 Å². The molecular formula is C16H16BrClN2S. The number of hydrogen-bond donors (Lipinski definition) is 0. The van der Waals surface area contributed by atoms with Crippen molar-refractivity contribution in [3.05, 3.63) is 51.5 Å². The maximum atomic E-state index is 6.17. The number of nitrogens with zero attached hydrogens (tertiary/aromatic N) is 2. The zero-order valence-electron chi connectivity index (χ0n) is 11.6. The Hall–Kier alpha value is -0.580. The number of benzene rings is 1. The molecule has 1 aromatic carbocycles. The highest BCUT2D eigenvalue weighted by Gasteiger charge is 2.19. The highest BCUT2D eigenvalue weighted by Crippen LogP contribution is 2.34. The summed E-state index contributed by atoms with van der Waals surface area (Å²) in [6.07, 6.45) is 5.05. The van der Waals surface area contributed by atoms with Crippen molar-refractivity contribution < 1.29 is 0 Å². The van der Waals surface area contributed by atoms with Crippen molar-refractivity contribution in [2.24, 2.45) is 0 Å². The third kappa shape index (κ3) is 3.99. The zero-order chi connectivity index (χ0) is 14.7. The smallest absolute Gasteiger partial charge is 0.140 e. The summed E-state index contributed by atoms with van der Waals surface area (Å²) in [4.78, 5) is 10.3. The quantitative estimate of drug-likeness (QED) is 0.490. The van der Waals surface area contributed by atoms with Crippen LogP contribution in [0.15, 0.2) is 39.7 Å². The molecular weight excluding hydrogens is 368 g/mol. The van der Waals surface area contributed by atoms with E-state index >= 15 is 0 Å². The number of thioether (sulfide) groups is 1. The van der Waals surface area contributed by atoms with Gasteiger partial charge in [0.15, 0.2) is 0 Å². The molecule has 0 radical (unpaired) electrons. The first-order valence-corrected chi connectivity index (χ1v) is 9.29. The van der Waals surface area contributed by atoms with Crippen LogP contribution in [0.25, 0.3) is 0 Å². The summed E-state index contributed by atoms with van der Waals surface area (Å²) in [6.45, 7) is 0. The van der Waals surface area contributed by atoms with E-state index in [9.17, 15) is 0 Å². The highest BCUT2D eigenvalue weighted by molar-refractivity contribution is 9.10. The average Bonchev–Trinajstić information content (AvgIpc) is 3.00. The molecule has 0 amide bonds. The highest BCUT2D eigenvalue weighted by atomic mass is 79.9. The van der Waals surface area contributed by atoms with Crippen LogP contribution in [-0.2, 0) is 5.75 Å². The van der Waals surface area contributed by atoms with Gasteiger partial charge in [0, 0.05) is 21.0 Å². The zero-order valence-corrected chi connectivity index (χ0v) is 14.7. The first-order valence-electron chi connectivity index (χ1n) is 7.13. The van der Waals surface area contributed by atoms with E-state index in [1.54, 1.807) is 11.8 Å². The predicted molar refractivity (Wildman–Crippen MR) is 92.0 cm³/mol. The van der Waals surface area contributed by atoms with E-state index in [2.05, 4.69) is 27.0 Å². The molecule has 0 N–H and O–H groups in total. The lowest BCUT2D eigenvalue weighted by atomic mass is 10.0. The van der Waals surface area contributed by atoms with E-state index in [0.29, 0.717) is 11.1 Å². The van der Waals surface area contributed by atoms with E-state index in [0.717, 1.165) is 21.7 Å². The second-order valence-electron chi connectivity index (χ2n) is 5.23. The molecule has 5 heteroatoms. The minimum Gasteiger partial charge on any atom is -0.237 e. The van der Waals surface area contributed by atoms with Crippen molar-refractivity contribution in [3.8, 4) is 0 Å². The van der Waals surface area contributed by atoms with Crippen LogP contribution >= 0.6 is 39.3 Å². The lowest BCUT2D eigenvalue weighted by Crippen LogP contribution is -2.02. The van der Waals surface area contributed by atoms with Gasteiger partial charge in [0.05, 0.1) is 5.75 Å². The van der Waals surface area contributed by atoms with Crippen molar-refractivity contribution in [1.29, 1.82) is 0 Å². The summed E-state index contributed by atoms with van der Waals surface area (Å²) in [7, 11) is 0. The van der Waals surface area contributed by atoms with Crippen LogP contribution < -0.4 is 0 Å². The van der Waals surface area contributed by atoms with Crippen LogP contribution in [0.5, 0.6) is 0 Å². The molecule has 1 aliphatic carbocycles. The molecule has 21 heavy (non-hydrogen) atoms. The first-order chi connectivity index (χ1) is 10.2. The van der Waals surface area contributed by atoms with Gasteiger partial charge in [-0.05, 0) is 47.0 Å². The number of rotatable bonds is 4. The van der Waals surface area contributed by atoms with E-state index in [1.165, 1.54) is 30.6 Å². The normalized spacial score (nSPS) is 15.5. The Labute approximate surface area is 142 Å². The van der Waals surface area contributed by atoms with Crippen LogP contribution in [0.3, 0.4) is 0 Å². The molecule has 2 aromatic rings. The summed E-state index contributed by atoms with van der Waals surface area (Å²) < 4.78 is 1.10. The van der Waals surface area contributed by atoms with Gasteiger partial charge >= 0.3 is 0 Å². The maximum Gasteiger partial charge on any atom is 0.140 e. The average molecular weight is 384 g/mol. The predicted octanol–water partition coefficient (Wildman–Crippen LogP) is 5.84. The molecule has 3 rings (SSSR count). The van der Waals surface area contributed by atoms with Crippen LogP contribution in [-0.4, -0.2) is 9.97 Å².